The van der Waals surface area contributed by atoms with Gasteiger partial charge in [0, 0.05) is 0 Å². The van der Waals surface area contributed by atoms with Crippen LogP contribution in [-0.2, 0) is 16.7 Å². The molecule has 0 saturated carbocycles. The van der Waals surface area contributed by atoms with Crippen molar-refractivity contribution in [3.8, 4) is 0 Å². The molecule has 5 nitrogen and oxygen atoms in total. The molecule has 0 aliphatic carbocycles. The van der Waals surface area contributed by atoms with Gasteiger partial charge in [0.05, 0.1) is 6.54 Å². The van der Waals surface area contributed by atoms with Crippen LogP contribution in [0.5, 0.6) is 0 Å². The van der Waals surface area contributed by atoms with Crippen LogP contribution in [0.3, 0.4) is 0 Å². The first-order chi connectivity index (χ1) is 7.54. The summed E-state index contributed by atoms with van der Waals surface area (Å²) in [6.45, 7) is 2.49. The Hall–Kier alpha value is -1.40. The Morgan fingerprint density at radius 2 is 2.06 bits per heavy atom. The quantitative estimate of drug-likeness (QED) is 0.624. The number of fused-ring (bicyclic) bond motifs is 1. The maximum absolute atomic E-state index is 11.2. The van der Waals surface area contributed by atoms with Crippen LogP contribution in [0.25, 0.3) is 11.0 Å². The molecule has 0 aliphatic rings. The third-order valence-electron chi connectivity index (χ3n) is 2.37. The van der Waals surface area contributed by atoms with Crippen LogP contribution >= 0.6 is 0 Å². The van der Waals surface area contributed by atoms with Crippen molar-refractivity contribution in [1.82, 2.24) is 4.98 Å². The van der Waals surface area contributed by atoms with E-state index in [0.29, 0.717) is 12.1 Å². The summed E-state index contributed by atoms with van der Waals surface area (Å²) >= 11 is 0. The second kappa shape index (κ2) is 3.88. The monoisotopic (exact) mass is 241 g/mol. The van der Waals surface area contributed by atoms with Crippen molar-refractivity contribution < 1.29 is 17.5 Å². The molecule has 0 unspecified atom stereocenters. The molecule has 86 valence electrons. The zero-order valence-corrected chi connectivity index (χ0v) is 9.66. The second-order valence-corrected chi connectivity index (χ2v) is 4.91. The molecule has 0 spiro atoms. The summed E-state index contributed by atoms with van der Waals surface area (Å²) in [5, 5.41) is -0.157. The van der Waals surface area contributed by atoms with Crippen LogP contribution in [-0.4, -0.2) is 18.0 Å². The highest BCUT2D eigenvalue weighted by Gasteiger charge is 2.28. The standard InChI is InChI=1S/C10H12N2O3S/c1-2-7-12-9-6-4-3-5-8(9)11-10(12)16(13,14)15/h3-6H,2,7H2,1H3,(H,13,14,15)/p+1. The maximum Gasteiger partial charge on any atom is 0.401 e. The lowest BCUT2D eigenvalue weighted by atomic mass is 10.3. The minimum Gasteiger partial charge on any atom is -0.276 e. The summed E-state index contributed by atoms with van der Waals surface area (Å²) in [4.78, 5) is 2.71. The Labute approximate surface area is 93.5 Å². The summed E-state index contributed by atoms with van der Waals surface area (Å²) in [6.07, 6.45) is 0.787. The summed E-state index contributed by atoms with van der Waals surface area (Å²) in [5.41, 5.74) is 1.47. The van der Waals surface area contributed by atoms with E-state index >= 15 is 0 Å². The van der Waals surface area contributed by atoms with E-state index in [1.807, 2.05) is 25.1 Å². The first-order valence-electron chi connectivity index (χ1n) is 5.02. The first-order valence-corrected chi connectivity index (χ1v) is 6.46. The third kappa shape index (κ3) is 1.81. The summed E-state index contributed by atoms with van der Waals surface area (Å²) < 4.78 is 33.1. The number of benzene rings is 1. The highest BCUT2D eigenvalue weighted by Crippen LogP contribution is 2.12. The van der Waals surface area contributed by atoms with Crippen LogP contribution in [0.2, 0.25) is 0 Å². The lowest BCUT2D eigenvalue weighted by Crippen LogP contribution is -2.38. The van der Waals surface area contributed by atoms with Gasteiger partial charge in [0.1, 0.15) is 0 Å². The molecule has 0 atom stereocenters. The molecule has 0 saturated heterocycles. The number of H-pyrrole nitrogens is 1. The van der Waals surface area contributed by atoms with E-state index in [2.05, 4.69) is 4.98 Å². The molecule has 1 aromatic carbocycles. The largest absolute Gasteiger partial charge is 0.401 e. The van der Waals surface area contributed by atoms with Crippen molar-refractivity contribution in [2.75, 3.05) is 0 Å². The molecule has 0 fully saturated rings. The highest BCUT2D eigenvalue weighted by molar-refractivity contribution is 7.85. The van der Waals surface area contributed by atoms with Gasteiger partial charge in [-0.25, -0.2) is 9.55 Å². The molecular weight excluding hydrogens is 228 g/mol. The Morgan fingerprint density at radius 1 is 1.38 bits per heavy atom. The molecule has 2 rings (SSSR count). The number of imidazole rings is 1. The number of hydrogen-bond acceptors (Lipinski definition) is 2. The van der Waals surface area contributed by atoms with Crippen molar-refractivity contribution >= 4 is 21.2 Å². The summed E-state index contributed by atoms with van der Waals surface area (Å²) in [6, 6.07) is 7.23. The van der Waals surface area contributed by atoms with Gasteiger partial charge < -0.3 is 0 Å². The minimum absolute atomic E-state index is 0.157. The number of aryl methyl sites for hydroxylation is 1. The van der Waals surface area contributed by atoms with E-state index in [-0.39, 0.29) is 5.16 Å². The average Bonchev–Trinajstić information content (AvgIpc) is 2.58. The fourth-order valence-corrected chi connectivity index (χ4v) is 2.46. The van der Waals surface area contributed by atoms with Crippen molar-refractivity contribution in [2.24, 2.45) is 0 Å². The highest BCUT2D eigenvalue weighted by atomic mass is 32.2. The van der Waals surface area contributed by atoms with Crippen LogP contribution < -0.4 is 4.57 Å². The molecule has 16 heavy (non-hydrogen) atoms. The fraction of sp³-hybridized carbons (Fsp3) is 0.300. The van der Waals surface area contributed by atoms with E-state index in [9.17, 15) is 8.42 Å². The molecule has 0 amide bonds. The first kappa shape index (κ1) is 11.1. The number of aromatic nitrogens is 2. The van der Waals surface area contributed by atoms with E-state index < -0.39 is 10.1 Å². The number of rotatable bonds is 3. The van der Waals surface area contributed by atoms with Gasteiger partial charge in [0.15, 0.2) is 11.0 Å². The molecule has 0 bridgehead atoms. The molecule has 1 heterocycles. The zero-order valence-electron chi connectivity index (χ0n) is 8.84. The zero-order chi connectivity index (χ0) is 11.8. The Bertz CT molecular complexity index is 616. The van der Waals surface area contributed by atoms with Gasteiger partial charge in [-0.05, 0) is 18.6 Å². The molecule has 2 N–H and O–H groups in total. The Morgan fingerprint density at radius 3 is 2.69 bits per heavy atom. The fourth-order valence-electron chi connectivity index (χ4n) is 1.76. The summed E-state index contributed by atoms with van der Waals surface area (Å²) in [5.74, 6) is 0. The molecule has 1 aromatic heterocycles. The number of nitrogens with zero attached hydrogens (tertiary/aromatic N) is 1. The van der Waals surface area contributed by atoms with Crippen molar-refractivity contribution in [1.29, 1.82) is 0 Å². The minimum atomic E-state index is -4.21. The van der Waals surface area contributed by atoms with Crippen LogP contribution in [0.4, 0.5) is 0 Å². The second-order valence-electron chi connectivity index (χ2n) is 3.57. The number of hydrogen-bond donors (Lipinski definition) is 2. The lowest BCUT2D eigenvalue weighted by molar-refractivity contribution is -0.709. The van der Waals surface area contributed by atoms with Gasteiger partial charge >= 0.3 is 15.3 Å². The van der Waals surface area contributed by atoms with Gasteiger partial charge in [-0.1, -0.05) is 19.1 Å². The molecule has 0 aliphatic heterocycles. The van der Waals surface area contributed by atoms with Crippen molar-refractivity contribution in [3.63, 3.8) is 0 Å². The summed E-state index contributed by atoms with van der Waals surface area (Å²) in [7, 11) is -4.21. The van der Waals surface area contributed by atoms with Crippen LogP contribution in [0.1, 0.15) is 13.3 Å². The molecule has 0 radical (unpaired) electrons. The Kier molecular flexibility index (Phi) is 2.69. The van der Waals surface area contributed by atoms with Crippen molar-refractivity contribution in [2.45, 2.75) is 25.0 Å². The lowest BCUT2D eigenvalue weighted by Gasteiger charge is -1.96. The van der Waals surface area contributed by atoms with Gasteiger partial charge in [-0.2, -0.15) is 8.42 Å². The maximum atomic E-state index is 11.2. The average molecular weight is 241 g/mol. The predicted molar refractivity (Wildman–Crippen MR) is 58.6 cm³/mol. The van der Waals surface area contributed by atoms with E-state index in [1.165, 1.54) is 0 Å². The van der Waals surface area contributed by atoms with E-state index in [4.69, 9.17) is 4.55 Å². The van der Waals surface area contributed by atoms with Crippen LogP contribution in [0, 0.1) is 0 Å². The third-order valence-corrected chi connectivity index (χ3v) is 3.18. The van der Waals surface area contributed by atoms with E-state index in [1.54, 1.807) is 10.6 Å². The normalized spacial score (nSPS) is 12.1. The smallest absolute Gasteiger partial charge is 0.276 e. The Balaban J connectivity index is 2.78. The van der Waals surface area contributed by atoms with Gasteiger partial charge in [0.2, 0.25) is 0 Å². The topological polar surface area (TPSA) is 74.0 Å². The van der Waals surface area contributed by atoms with Gasteiger partial charge in [-0.15, -0.1) is 0 Å². The SMILES string of the molecule is CCC[n+]1c(S(=O)(=O)O)[nH]c2ccccc21. The molecule has 6 heteroatoms. The van der Waals surface area contributed by atoms with Crippen molar-refractivity contribution in [3.05, 3.63) is 24.3 Å². The molecular formula is C10H13N2O3S+. The van der Waals surface area contributed by atoms with Gasteiger partial charge in [-0.3, -0.25) is 4.55 Å². The molecule has 2 aromatic rings. The number of aromatic amines is 1. The predicted octanol–water partition coefficient (Wildman–Crippen LogP) is 1.11. The number of nitrogens with one attached hydrogen (secondary N) is 1. The van der Waals surface area contributed by atoms with Crippen LogP contribution in [0.15, 0.2) is 29.4 Å². The van der Waals surface area contributed by atoms with Gasteiger partial charge in [0.25, 0.3) is 0 Å². The van der Waals surface area contributed by atoms with E-state index in [0.717, 1.165) is 11.9 Å². The number of para-hydroxylation sites is 2.